The number of aromatic hydroxyl groups is 1. The van der Waals surface area contributed by atoms with Crippen LogP contribution < -0.4 is 15.9 Å². The largest absolute Gasteiger partial charge is 0.507 e. The van der Waals surface area contributed by atoms with Crippen molar-refractivity contribution >= 4 is 19.2 Å². The third-order valence-electron chi connectivity index (χ3n) is 4.49. The molecular formula is C22H31FNOP. The van der Waals surface area contributed by atoms with Gasteiger partial charge in [0, 0.05) is 17.4 Å². The van der Waals surface area contributed by atoms with Crippen LogP contribution >= 0.6 is 8.58 Å². The average Bonchev–Trinajstić information content (AvgIpc) is 2.49. The van der Waals surface area contributed by atoms with E-state index in [-0.39, 0.29) is 25.2 Å². The van der Waals surface area contributed by atoms with Gasteiger partial charge in [-0.2, -0.15) is 0 Å². The maximum Gasteiger partial charge on any atom is 0.127 e. The molecule has 0 aliphatic heterocycles. The van der Waals surface area contributed by atoms with E-state index in [9.17, 15) is 9.50 Å². The highest BCUT2D eigenvalue weighted by Crippen LogP contribution is 2.36. The van der Waals surface area contributed by atoms with Crippen LogP contribution in [0.4, 0.5) is 4.39 Å². The van der Waals surface area contributed by atoms with Crippen molar-refractivity contribution in [2.24, 2.45) is 0 Å². The first-order valence-electron chi connectivity index (χ1n) is 9.01. The molecule has 0 aliphatic rings. The minimum Gasteiger partial charge on any atom is -0.507 e. The summed E-state index contributed by atoms with van der Waals surface area (Å²) >= 11 is 0. The van der Waals surface area contributed by atoms with Gasteiger partial charge < -0.3 is 10.4 Å². The smallest absolute Gasteiger partial charge is 0.127 e. The Bertz CT molecular complexity index is 788. The van der Waals surface area contributed by atoms with Crippen molar-refractivity contribution in [3.05, 3.63) is 52.8 Å². The molecule has 142 valence electrons. The van der Waals surface area contributed by atoms with E-state index in [0.717, 1.165) is 21.7 Å². The van der Waals surface area contributed by atoms with Gasteiger partial charge in [0.15, 0.2) is 0 Å². The SMILES string of the molecule is CNCc1cc(F)ccc1Pc1cc(C(C)(C)C)cc(C(C)(C)C)c1O. The summed E-state index contributed by atoms with van der Waals surface area (Å²) in [7, 11) is 2.13. The molecule has 0 fully saturated rings. The predicted molar refractivity (Wildman–Crippen MR) is 112 cm³/mol. The van der Waals surface area contributed by atoms with Crippen LogP contribution in [0.2, 0.25) is 0 Å². The van der Waals surface area contributed by atoms with Crippen LogP contribution in [0.5, 0.6) is 5.75 Å². The summed E-state index contributed by atoms with van der Waals surface area (Å²) in [6, 6.07) is 9.14. The highest BCUT2D eigenvalue weighted by atomic mass is 31.1. The first-order valence-corrected chi connectivity index (χ1v) is 10.0. The van der Waals surface area contributed by atoms with E-state index in [2.05, 4.69) is 59.0 Å². The van der Waals surface area contributed by atoms with Crippen LogP contribution in [0.1, 0.15) is 58.2 Å². The quantitative estimate of drug-likeness (QED) is 0.773. The molecule has 2 N–H and O–H groups in total. The van der Waals surface area contributed by atoms with Crippen LogP contribution in [0.25, 0.3) is 0 Å². The van der Waals surface area contributed by atoms with E-state index in [1.807, 2.05) is 13.1 Å². The summed E-state index contributed by atoms with van der Waals surface area (Å²) in [4.78, 5) is 0. The monoisotopic (exact) mass is 375 g/mol. The minimum absolute atomic E-state index is 0.0104. The van der Waals surface area contributed by atoms with Gasteiger partial charge in [0.25, 0.3) is 0 Å². The molecule has 2 aromatic carbocycles. The van der Waals surface area contributed by atoms with E-state index in [1.165, 1.54) is 11.6 Å². The molecule has 2 rings (SSSR count). The number of hydrogen-bond acceptors (Lipinski definition) is 2. The Kier molecular flexibility index (Phi) is 6.15. The zero-order chi connectivity index (χ0) is 19.7. The van der Waals surface area contributed by atoms with Gasteiger partial charge in [-0.15, -0.1) is 0 Å². The van der Waals surface area contributed by atoms with Crippen LogP contribution in [-0.4, -0.2) is 12.2 Å². The number of halogens is 1. The highest BCUT2D eigenvalue weighted by Gasteiger charge is 2.25. The van der Waals surface area contributed by atoms with Gasteiger partial charge in [-0.3, -0.25) is 0 Å². The number of rotatable bonds is 4. The second kappa shape index (κ2) is 7.66. The van der Waals surface area contributed by atoms with Crippen LogP contribution in [0, 0.1) is 5.82 Å². The first kappa shape index (κ1) is 20.9. The Labute approximate surface area is 159 Å². The lowest BCUT2D eigenvalue weighted by molar-refractivity contribution is 0.449. The van der Waals surface area contributed by atoms with E-state index in [1.54, 1.807) is 6.07 Å². The molecule has 0 aromatic heterocycles. The lowest BCUT2D eigenvalue weighted by atomic mass is 9.80. The van der Waals surface area contributed by atoms with Gasteiger partial charge in [0.2, 0.25) is 0 Å². The zero-order valence-corrected chi connectivity index (χ0v) is 17.9. The molecule has 0 heterocycles. The van der Waals surface area contributed by atoms with Gasteiger partial charge in [0.05, 0.1) is 0 Å². The number of benzene rings is 2. The lowest BCUT2D eigenvalue weighted by Crippen LogP contribution is -2.22. The molecule has 0 spiro atoms. The molecule has 0 saturated heterocycles. The highest BCUT2D eigenvalue weighted by molar-refractivity contribution is 7.55. The molecule has 2 aromatic rings. The van der Waals surface area contributed by atoms with Crippen LogP contribution in [-0.2, 0) is 17.4 Å². The summed E-state index contributed by atoms with van der Waals surface area (Å²) in [6.45, 7) is 13.5. The number of phenols is 1. The van der Waals surface area contributed by atoms with Gasteiger partial charge in [-0.1, -0.05) is 62.3 Å². The van der Waals surface area contributed by atoms with Crippen molar-refractivity contribution in [2.45, 2.75) is 58.9 Å². The Balaban J connectivity index is 2.59. The van der Waals surface area contributed by atoms with Gasteiger partial charge in [-0.25, -0.2) is 4.39 Å². The second-order valence-corrected chi connectivity index (χ2v) is 10.2. The molecule has 26 heavy (non-hydrogen) atoms. The summed E-state index contributed by atoms with van der Waals surface area (Å²) < 4.78 is 13.7. The average molecular weight is 375 g/mol. The second-order valence-electron chi connectivity index (χ2n) is 8.88. The standard InChI is InChI=1S/C22H31FNOP/c1-21(2,3)15-11-17(22(4,5)6)20(25)19(12-15)26-18-9-8-16(23)10-14(18)13-24-7/h8-12,24-26H,13H2,1-7H3. The Morgan fingerprint density at radius 3 is 2.15 bits per heavy atom. The van der Waals surface area contributed by atoms with Crippen molar-refractivity contribution in [3.8, 4) is 5.75 Å². The molecule has 0 radical (unpaired) electrons. The van der Waals surface area contributed by atoms with Crippen molar-refractivity contribution in [1.29, 1.82) is 0 Å². The molecule has 4 heteroatoms. The van der Waals surface area contributed by atoms with E-state index in [0.29, 0.717) is 12.3 Å². The zero-order valence-electron chi connectivity index (χ0n) is 16.9. The third kappa shape index (κ3) is 4.84. The number of hydrogen-bond donors (Lipinski definition) is 2. The van der Waals surface area contributed by atoms with Crippen LogP contribution in [0.15, 0.2) is 30.3 Å². The third-order valence-corrected chi connectivity index (χ3v) is 5.90. The molecular weight excluding hydrogens is 344 g/mol. The van der Waals surface area contributed by atoms with E-state index in [4.69, 9.17) is 0 Å². The van der Waals surface area contributed by atoms with E-state index >= 15 is 0 Å². The van der Waals surface area contributed by atoms with Gasteiger partial charge in [-0.05, 0) is 52.5 Å². The predicted octanol–water partition coefficient (Wildman–Crippen LogP) is 4.48. The Hall–Kier alpha value is -1.44. The maximum absolute atomic E-state index is 13.7. The van der Waals surface area contributed by atoms with Crippen molar-refractivity contribution < 1.29 is 9.50 Å². The van der Waals surface area contributed by atoms with E-state index < -0.39 is 0 Å². The molecule has 0 saturated carbocycles. The fourth-order valence-electron chi connectivity index (χ4n) is 2.90. The minimum atomic E-state index is -0.230. The first-order chi connectivity index (χ1) is 11.9. The van der Waals surface area contributed by atoms with Gasteiger partial charge in [0.1, 0.15) is 11.6 Å². The Morgan fingerprint density at radius 2 is 1.62 bits per heavy atom. The fraction of sp³-hybridized carbons (Fsp3) is 0.455. The molecule has 0 amide bonds. The molecule has 0 bridgehead atoms. The summed E-state index contributed by atoms with van der Waals surface area (Å²) in [5, 5.41) is 16.0. The lowest BCUT2D eigenvalue weighted by Gasteiger charge is -2.27. The summed E-state index contributed by atoms with van der Waals surface area (Å²) in [5.74, 6) is 0.135. The molecule has 1 unspecified atom stereocenters. The van der Waals surface area contributed by atoms with Crippen molar-refractivity contribution in [3.63, 3.8) is 0 Å². The fourth-order valence-corrected chi connectivity index (χ4v) is 4.16. The summed E-state index contributed by atoms with van der Waals surface area (Å²) in [6.07, 6.45) is 0. The topological polar surface area (TPSA) is 32.3 Å². The summed E-state index contributed by atoms with van der Waals surface area (Å²) in [5.41, 5.74) is 2.94. The number of phenolic OH excluding ortho intramolecular Hbond substituents is 1. The van der Waals surface area contributed by atoms with Crippen molar-refractivity contribution in [2.75, 3.05) is 7.05 Å². The van der Waals surface area contributed by atoms with Crippen LogP contribution in [0.3, 0.4) is 0 Å². The Morgan fingerprint density at radius 1 is 0.962 bits per heavy atom. The molecule has 2 nitrogen and oxygen atoms in total. The molecule has 1 atom stereocenters. The number of nitrogens with one attached hydrogen (secondary N) is 1. The maximum atomic E-state index is 13.7. The molecule has 0 aliphatic carbocycles. The van der Waals surface area contributed by atoms with Crippen molar-refractivity contribution in [1.82, 2.24) is 5.32 Å². The van der Waals surface area contributed by atoms with Gasteiger partial charge >= 0.3 is 0 Å². The normalized spacial score (nSPS) is 12.9.